The van der Waals surface area contributed by atoms with E-state index >= 15 is 0 Å². The van der Waals surface area contributed by atoms with Crippen LogP contribution < -0.4 is 4.83 Å². The van der Waals surface area contributed by atoms with Crippen molar-refractivity contribution in [2.45, 2.75) is 0 Å². The van der Waals surface area contributed by atoms with Crippen molar-refractivity contribution in [3.63, 3.8) is 0 Å². The lowest BCUT2D eigenvalue weighted by atomic mass is 10.4. The molecule has 10 heavy (non-hydrogen) atoms. The van der Waals surface area contributed by atoms with Gasteiger partial charge in [-0.15, -0.1) is 4.83 Å². The first-order chi connectivity index (χ1) is 4.79. The van der Waals surface area contributed by atoms with E-state index in [0.29, 0.717) is 6.54 Å². The molecule has 2 N–H and O–H groups in total. The second kappa shape index (κ2) is 3.50. The van der Waals surface area contributed by atoms with Gasteiger partial charge in [-0.3, -0.25) is 9.56 Å². The van der Waals surface area contributed by atoms with Gasteiger partial charge in [0.05, 0.1) is 6.54 Å². The van der Waals surface area contributed by atoms with Crippen molar-refractivity contribution in [3.05, 3.63) is 24.4 Å². The molecule has 0 aromatic carbocycles. The van der Waals surface area contributed by atoms with Crippen LogP contribution in [0.1, 0.15) is 0 Å². The molecule has 0 radical (unpaired) electrons. The van der Waals surface area contributed by atoms with Gasteiger partial charge in [-0.25, -0.2) is 4.21 Å². The number of hydrogen-bond acceptors (Lipinski definition) is 2. The summed E-state index contributed by atoms with van der Waals surface area (Å²) >= 11 is -1.97. The van der Waals surface area contributed by atoms with Gasteiger partial charge in [0, 0.05) is 6.20 Å². The maximum atomic E-state index is 10.2. The minimum Gasteiger partial charge on any atom is -0.299 e. The molecular formula is C5H8N2O2S. The Morgan fingerprint density at radius 2 is 2.40 bits per heavy atom. The van der Waals surface area contributed by atoms with Gasteiger partial charge in [0.1, 0.15) is 0 Å². The van der Waals surface area contributed by atoms with Crippen LogP contribution in [-0.4, -0.2) is 20.3 Å². The van der Waals surface area contributed by atoms with E-state index in [2.05, 4.69) is 4.83 Å². The number of rotatable bonds is 2. The average Bonchev–Trinajstić information content (AvgIpc) is 1.88. The predicted molar refractivity (Wildman–Crippen MR) is 38.9 cm³/mol. The van der Waals surface area contributed by atoms with Crippen LogP contribution in [0.5, 0.6) is 0 Å². The quantitative estimate of drug-likeness (QED) is 0.560. The van der Waals surface area contributed by atoms with Crippen molar-refractivity contribution in [3.8, 4) is 0 Å². The van der Waals surface area contributed by atoms with Crippen LogP contribution in [0.4, 0.5) is 0 Å². The number of allylic oxidation sites excluding steroid dienone is 2. The molecule has 1 aliphatic heterocycles. The highest BCUT2D eigenvalue weighted by Gasteiger charge is 1.99. The highest BCUT2D eigenvalue weighted by Crippen LogP contribution is 1.93. The van der Waals surface area contributed by atoms with Crippen LogP contribution in [-0.2, 0) is 11.3 Å². The summed E-state index contributed by atoms with van der Waals surface area (Å²) in [6.07, 6.45) is 7.22. The third-order valence-corrected chi connectivity index (χ3v) is 1.40. The van der Waals surface area contributed by atoms with E-state index < -0.39 is 11.3 Å². The lowest BCUT2D eigenvalue weighted by Gasteiger charge is -2.17. The van der Waals surface area contributed by atoms with Gasteiger partial charge in [-0.1, -0.05) is 12.2 Å². The average molecular weight is 160 g/mol. The zero-order valence-corrected chi connectivity index (χ0v) is 6.04. The first-order valence-corrected chi connectivity index (χ1v) is 3.87. The van der Waals surface area contributed by atoms with E-state index in [1.165, 1.54) is 5.01 Å². The van der Waals surface area contributed by atoms with E-state index in [9.17, 15) is 4.21 Å². The number of nitrogens with zero attached hydrogens (tertiary/aromatic N) is 1. The van der Waals surface area contributed by atoms with Crippen molar-refractivity contribution in [1.82, 2.24) is 9.84 Å². The zero-order valence-electron chi connectivity index (χ0n) is 5.23. The number of hydrogen-bond donors (Lipinski definition) is 2. The lowest BCUT2D eigenvalue weighted by molar-refractivity contribution is 0.361. The van der Waals surface area contributed by atoms with Gasteiger partial charge in [-0.05, 0) is 6.08 Å². The van der Waals surface area contributed by atoms with E-state index in [-0.39, 0.29) is 0 Å². The van der Waals surface area contributed by atoms with E-state index in [0.717, 1.165) is 0 Å². The summed E-state index contributed by atoms with van der Waals surface area (Å²) < 4.78 is 18.5. The summed E-state index contributed by atoms with van der Waals surface area (Å²) in [6, 6.07) is 0. The third-order valence-electron chi connectivity index (χ3n) is 1.01. The van der Waals surface area contributed by atoms with Crippen LogP contribution in [0.3, 0.4) is 0 Å². The van der Waals surface area contributed by atoms with E-state index in [4.69, 9.17) is 4.55 Å². The minimum absolute atomic E-state index is 0.614. The number of hydrazine groups is 1. The second-order valence-corrected chi connectivity index (χ2v) is 2.44. The Morgan fingerprint density at radius 1 is 1.60 bits per heavy atom. The Bertz CT molecular complexity index is 190. The van der Waals surface area contributed by atoms with Gasteiger partial charge < -0.3 is 0 Å². The predicted octanol–water partition coefficient (Wildman–Crippen LogP) is 0.0132. The van der Waals surface area contributed by atoms with Gasteiger partial charge in [-0.2, -0.15) is 0 Å². The highest BCUT2D eigenvalue weighted by molar-refractivity contribution is 7.77. The van der Waals surface area contributed by atoms with E-state index in [1.807, 2.05) is 12.2 Å². The molecule has 1 aliphatic rings. The summed E-state index contributed by atoms with van der Waals surface area (Å²) in [4.78, 5) is 2.30. The molecule has 0 saturated heterocycles. The highest BCUT2D eigenvalue weighted by atomic mass is 32.2. The van der Waals surface area contributed by atoms with Crippen LogP contribution in [0.25, 0.3) is 0 Å². The van der Waals surface area contributed by atoms with Crippen molar-refractivity contribution in [2.24, 2.45) is 0 Å². The van der Waals surface area contributed by atoms with Crippen molar-refractivity contribution >= 4 is 11.3 Å². The Kier molecular flexibility index (Phi) is 2.61. The normalized spacial score (nSPS) is 19.5. The molecule has 1 heterocycles. The molecule has 0 aliphatic carbocycles. The zero-order chi connectivity index (χ0) is 7.40. The Labute approximate surface area is 61.6 Å². The molecule has 0 aromatic heterocycles. The van der Waals surface area contributed by atoms with E-state index in [1.54, 1.807) is 12.3 Å². The molecule has 0 spiro atoms. The molecule has 4 nitrogen and oxygen atoms in total. The molecule has 0 saturated carbocycles. The Hall–Kier alpha value is -0.650. The molecule has 56 valence electrons. The van der Waals surface area contributed by atoms with Crippen molar-refractivity contribution in [1.29, 1.82) is 0 Å². The Morgan fingerprint density at radius 3 is 2.90 bits per heavy atom. The molecule has 1 rings (SSSR count). The standard InChI is InChI=1S/C5H8N2O2S/c8-10(9)6-7-4-2-1-3-5-7/h1-4,6H,5H2,(H,8,9). The van der Waals surface area contributed by atoms with Crippen LogP contribution in [0.2, 0.25) is 0 Å². The fourth-order valence-corrected chi connectivity index (χ4v) is 0.971. The van der Waals surface area contributed by atoms with Crippen molar-refractivity contribution in [2.75, 3.05) is 6.54 Å². The monoisotopic (exact) mass is 160 g/mol. The summed E-state index contributed by atoms with van der Waals surface area (Å²) in [5, 5.41) is 1.52. The second-order valence-electron chi connectivity index (χ2n) is 1.76. The molecule has 0 amide bonds. The van der Waals surface area contributed by atoms with Crippen molar-refractivity contribution < 1.29 is 8.76 Å². The molecule has 0 bridgehead atoms. The molecule has 0 fully saturated rings. The van der Waals surface area contributed by atoms with Crippen LogP contribution in [0, 0.1) is 0 Å². The van der Waals surface area contributed by atoms with Gasteiger partial charge in [0.15, 0.2) is 0 Å². The third kappa shape index (κ3) is 2.30. The summed E-state index contributed by atoms with van der Waals surface area (Å²) in [6.45, 7) is 0.614. The fourth-order valence-electron chi connectivity index (χ4n) is 0.635. The summed E-state index contributed by atoms with van der Waals surface area (Å²) in [7, 11) is 0. The first kappa shape index (κ1) is 7.46. The lowest BCUT2D eigenvalue weighted by Crippen LogP contribution is -2.35. The van der Waals surface area contributed by atoms with Gasteiger partial charge >= 0.3 is 0 Å². The number of nitrogens with one attached hydrogen (secondary N) is 1. The fraction of sp³-hybridized carbons (Fsp3) is 0.200. The smallest absolute Gasteiger partial charge is 0.250 e. The SMILES string of the molecule is O=S(O)NN1C=CC=CC1. The molecule has 1 atom stereocenters. The Balaban J connectivity index is 2.37. The largest absolute Gasteiger partial charge is 0.299 e. The topological polar surface area (TPSA) is 52.6 Å². The maximum absolute atomic E-state index is 10.2. The molecule has 1 unspecified atom stereocenters. The summed E-state index contributed by atoms with van der Waals surface area (Å²) in [5.41, 5.74) is 0. The van der Waals surface area contributed by atoms with Crippen LogP contribution >= 0.6 is 0 Å². The first-order valence-electron chi connectivity index (χ1n) is 2.76. The minimum atomic E-state index is -1.97. The summed E-state index contributed by atoms with van der Waals surface area (Å²) in [5.74, 6) is 0. The maximum Gasteiger partial charge on any atom is 0.250 e. The molecule has 0 aromatic rings. The van der Waals surface area contributed by atoms with Crippen LogP contribution in [0.15, 0.2) is 24.4 Å². The molecular weight excluding hydrogens is 152 g/mol. The van der Waals surface area contributed by atoms with Gasteiger partial charge in [0.25, 0.3) is 11.3 Å². The molecule has 5 heteroatoms. The van der Waals surface area contributed by atoms with Gasteiger partial charge in [0.2, 0.25) is 0 Å².